The van der Waals surface area contributed by atoms with Crippen LogP contribution in [0.2, 0.25) is 0 Å². The number of carbonyl (C=O) groups excluding carboxylic acids is 1. The molecule has 0 aliphatic heterocycles. The summed E-state index contributed by atoms with van der Waals surface area (Å²) in [6.07, 6.45) is 0. The lowest BCUT2D eigenvalue weighted by atomic mass is 10.2. The number of rotatable bonds is 7. The molecule has 0 bridgehead atoms. The van der Waals surface area contributed by atoms with Crippen LogP contribution in [0.25, 0.3) is 0 Å². The summed E-state index contributed by atoms with van der Waals surface area (Å²) in [5, 5.41) is 5.32. The van der Waals surface area contributed by atoms with Crippen LogP contribution in [0.4, 0.5) is 10.1 Å². The van der Waals surface area contributed by atoms with Crippen molar-refractivity contribution in [1.29, 1.82) is 0 Å². The van der Waals surface area contributed by atoms with Gasteiger partial charge in [0.2, 0.25) is 5.91 Å². The Hall–Kier alpha value is -1.25. The molecule has 0 atom stereocenters. The van der Waals surface area contributed by atoms with Crippen molar-refractivity contribution in [2.75, 3.05) is 32.1 Å². The SMILES string of the molecule is COCCNC(=O)CNc1ccc(C(N)=S)c(Br)c1F. The van der Waals surface area contributed by atoms with Gasteiger partial charge in [-0.1, -0.05) is 12.2 Å². The Balaban J connectivity index is 2.63. The molecule has 4 N–H and O–H groups in total. The normalized spacial score (nSPS) is 10.2. The molecule has 0 saturated carbocycles. The molecule has 1 aromatic carbocycles. The van der Waals surface area contributed by atoms with Crippen molar-refractivity contribution in [2.45, 2.75) is 0 Å². The quantitative estimate of drug-likeness (QED) is 0.504. The van der Waals surface area contributed by atoms with E-state index in [1.54, 1.807) is 13.2 Å². The van der Waals surface area contributed by atoms with Crippen molar-refractivity contribution in [1.82, 2.24) is 5.32 Å². The van der Waals surface area contributed by atoms with Crippen LogP contribution in [-0.4, -0.2) is 37.7 Å². The van der Waals surface area contributed by atoms with Gasteiger partial charge in [-0.15, -0.1) is 0 Å². The van der Waals surface area contributed by atoms with Gasteiger partial charge in [0.05, 0.1) is 23.3 Å². The van der Waals surface area contributed by atoms with Gasteiger partial charge in [-0.25, -0.2) is 4.39 Å². The molecule has 1 aromatic rings. The van der Waals surface area contributed by atoms with Crippen molar-refractivity contribution in [3.05, 3.63) is 28.0 Å². The summed E-state index contributed by atoms with van der Waals surface area (Å²) in [5.41, 5.74) is 6.07. The van der Waals surface area contributed by atoms with Crippen molar-refractivity contribution in [3.63, 3.8) is 0 Å². The van der Waals surface area contributed by atoms with E-state index < -0.39 is 5.82 Å². The fraction of sp³-hybridized carbons (Fsp3) is 0.333. The lowest BCUT2D eigenvalue weighted by Crippen LogP contribution is -2.32. The summed E-state index contributed by atoms with van der Waals surface area (Å²) in [4.78, 5) is 11.6. The second-order valence-corrected chi connectivity index (χ2v) is 5.08. The molecule has 0 fully saturated rings. The number of ether oxygens (including phenoxy) is 1. The van der Waals surface area contributed by atoms with Crippen molar-refractivity contribution < 1.29 is 13.9 Å². The number of methoxy groups -OCH3 is 1. The van der Waals surface area contributed by atoms with Crippen LogP contribution in [0.5, 0.6) is 0 Å². The zero-order valence-corrected chi connectivity index (χ0v) is 13.2. The lowest BCUT2D eigenvalue weighted by molar-refractivity contribution is -0.119. The number of carbonyl (C=O) groups is 1. The molecule has 1 amide bonds. The summed E-state index contributed by atoms with van der Waals surface area (Å²) < 4.78 is 19.0. The van der Waals surface area contributed by atoms with Crippen molar-refractivity contribution in [2.24, 2.45) is 5.73 Å². The fourth-order valence-electron chi connectivity index (χ4n) is 1.41. The van der Waals surface area contributed by atoms with Crippen molar-refractivity contribution >= 4 is 44.7 Å². The minimum atomic E-state index is -0.542. The van der Waals surface area contributed by atoms with Gasteiger partial charge in [0.1, 0.15) is 4.99 Å². The fourth-order valence-corrected chi connectivity index (χ4v) is 2.27. The molecule has 0 aromatic heterocycles. The maximum atomic E-state index is 14.0. The van der Waals surface area contributed by atoms with E-state index >= 15 is 0 Å². The van der Waals surface area contributed by atoms with Crippen LogP contribution in [0.15, 0.2) is 16.6 Å². The highest BCUT2D eigenvalue weighted by Crippen LogP contribution is 2.26. The van der Waals surface area contributed by atoms with E-state index in [9.17, 15) is 9.18 Å². The number of hydrogen-bond acceptors (Lipinski definition) is 4. The van der Waals surface area contributed by atoms with Gasteiger partial charge in [0.15, 0.2) is 5.82 Å². The highest BCUT2D eigenvalue weighted by atomic mass is 79.9. The summed E-state index contributed by atoms with van der Waals surface area (Å²) in [6.45, 7) is 0.789. The first-order valence-electron chi connectivity index (χ1n) is 5.74. The Bertz CT molecular complexity index is 514. The summed E-state index contributed by atoms with van der Waals surface area (Å²) >= 11 is 7.89. The standard InChI is InChI=1S/C12H15BrFN3O2S/c1-19-5-4-16-9(18)6-17-8-3-2-7(12(15)20)10(13)11(8)14/h2-3,17H,4-6H2,1H3,(H2,15,20)(H,16,18). The maximum absolute atomic E-state index is 14.0. The Morgan fingerprint density at radius 1 is 1.55 bits per heavy atom. The minimum absolute atomic E-state index is 0.0422. The van der Waals surface area contributed by atoms with E-state index in [4.69, 9.17) is 22.7 Å². The van der Waals surface area contributed by atoms with Crippen LogP contribution in [0.1, 0.15) is 5.56 Å². The first-order valence-corrected chi connectivity index (χ1v) is 6.94. The second-order valence-electron chi connectivity index (χ2n) is 3.85. The maximum Gasteiger partial charge on any atom is 0.239 e. The topological polar surface area (TPSA) is 76.4 Å². The molecule has 0 unspecified atom stereocenters. The molecule has 0 spiro atoms. The van der Waals surface area contributed by atoms with Crippen molar-refractivity contribution in [3.8, 4) is 0 Å². The first kappa shape index (κ1) is 16.8. The van der Waals surface area contributed by atoms with Crippen LogP contribution in [0.3, 0.4) is 0 Å². The summed E-state index contributed by atoms with van der Waals surface area (Å²) in [6, 6.07) is 3.07. The third kappa shape index (κ3) is 4.69. The van der Waals surface area contributed by atoms with Gasteiger partial charge in [0, 0.05) is 19.2 Å². The van der Waals surface area contributed by atoms with Gasteiger partial charge in [-0.3, -0.25) is 4.79 Å². The zero-order valence-electron chi connectivity index (χ0n) is 10.8. The predicted molar refractivity (Wildman–Crippen MR) is 83.4 cm³/mol. The van der Waals surface area contributed by atoms with E-state index in [0.717, 1.165) is 0 Å². The number of benzene rings is 1. The molecule has 0 aliphatic carbocycles. The van der Waals surface area contributed by atoms with Gasteiger partial charge >= 0.3 is 0 Å². The lowest BCUT2D eigenvalue weighted by Gasteiger charge is -2.11. The number of nitrogens with one attached hydrogen (secondary N) is 2. The molecule has 8 heteroatoms. The van der Waals surface area contributed by atoms with Crippen LogP contribution >= 0.6 is 28.1 Å². The third-order valence-electron chi connectivity index (χ3n) is 2.42. The molecule has 0 aliphatic rings. The average Bonchev–Trinajstić information content (AvgIpc) is 2.40. The molecule has 0 saturated heterocycles. The molecule has 5 nitrogen and oxygen atoms in total. The van der Waals surface area contributed by atoms with Crippen LogP contribution < -0.4 is 16.4 Å². The number of halogens is 2. The predicted octanol–water partition coefficient (Wildman–Crippen LogP) is 1.40. The van der Waals surface area contributed by atoms with Gasteiger partial charge in [0.25, 0.3) is 0 Å². The highest BCUT2D eigenvalue weighted by Gasteiger charge is 2.13. The average molecular weight is 364 g/mol. The highest BCUT2D eigenvalue weighted by molar-refractivity contribution is 9.10. The van der Waals surface area contributed by atoms with E-state index in [1.807, 2.05) is 0 Å². The molecule has 0 heterocycles. The van der Waals surface area contributed by atoms with Gasteiger partial charge < -0.3 is 21.1 Å². The Morgan fingerprint density at radius 3 is 2.85 bits per heavy atom. The molecule has 1 rings (SSSR count). The largest absolute Gasteiger partial charge is 0.389 e. The number of anilines is 1. The first-order chi connectivity index (χ1) is 9.47. The summed E-state index contributed by atoms with van der Waals surface area (Å²) in [5.74, 6) is -0.795. The van der Waals surface area contributed by atoms with E-state index in [2.05, 4.69) is 26.6 Å². The number of hydrogen-bond donors (Lipinski definition) is 3. The Labute approximate surface area is 130 Å². The zero-order chi connectivity index (χ0) is 15.1. The molecule has 110 valence electrons. The molecule has 0 radical (unpaired) electrons. The second kappa shape index (κ2) is 8.13. The van der Waals surface area contributed by atoms with Gasteiger partial charge in [-0.2, -0.15) is 0 Å². The van der Waals surface area contributed by atoms with Crippen LogP contribution in [-0.2, 0) is 9.53 Å². The third-order valence-corrected chi connectivity index (χ3v) is 3.41. The van der Waals surface area contributed by atoms with Gasteiger partial charge in [-0.05, 0) is 28.1 Å². The summed E-state index contributed by atoms with van der Waals surface area (Å²) in [7, 11) is 1.54. The number of amides is 1. The smallest absolute Gasteiger partial charge is 0.239 e. The van der Waals surface area contributed by atoms with E-state index in [0.29, 0.717) is 18.7 Å². The molecule has 20 heavy (non-hydrogen) atoms. The monoisotopic (exact) mass is 363 g/mol. The Kier molecular flexibility index (Phi) is 6.83. The molecular weight excluding hydrogens is 349 g/mol. The minimum Gasteiger partial charge on any atom is -0.389 e. The van der Waals surface area contributed by atoms with Crippen LogP contribution in [0, 0.1) is 5.82 Å². The number of thiocarbonyl (C=S) groups is 1. The van der Waals surface area contributed by atoms with E-state index in [1.165, 1.54) is 6.07 Å². The van der Waals surface area contributed by atoms with E-state index in [-0.39, 0.29) is 27.6 Å². The number of nitrogens with two attached hydrogens (primary N) is 1. The Morgan fingerprint density at radius 2 is 2.25 bits per heavy atom. The molecular formula is C12H15BrFN3O2S.